The third-order valence-corrected chi connectivity index (χ3v) is 5.98. The minimum absolute atomic E-state index is 0.135. The first-order valence-electron chi connectivity index (χ1n) is 6.52. The van der Waals surface area contributed by atoms with Gasteiger partial charge in [0.25, 0.3) is 0 Å². The van der Waals surface area contributed by atoms with Crippen molar-refractivity contribution in [2.45, 2.75) is 37.5 Å². The molecule has 0 aliphatic rings. The number of para-hydroxylation sites is 1. The van der Waals surface area contributed by atoms with Crippen molar-refractivity contribution >= 4 is 9.84 Å². The van der Waals surface area contributed by atoms with Crippen LogP contribution in [0.1, 0.15) is 22.3 Å². The van der Waals surface area contributed by atoms with Crippen molar-refractivity contribution in [2.24, 2.45) is 0 Å². The fourth-order valence-electron chi connectivity index (χ4n) is 2.38. The first-order valence-corrected chi connectivity index (χ1v) is 8.00. The fraction of sp³-hybridized carbons (Fsp3) is 0.250. The number of hydrogen-bond donors (Lipinski definition) is 2. The molecule has 2 N–H and O–H groups in total. The van der Waals surface area contributed by atoms with Crippen LogP contribution in [0.15, 0.2) is 34.1 Å². The van der Waals surface area contributed by atoms with Crippen LogP contribution in [0.5, 0.6) is 11.5 Å². The van der Waals surface area contributed by atoms with Crippen molar-refractivity contribution in [2.75, 3.05) is 0 Å². The van der Waals surface area contributed by atoms with E-state index in [1.165, 1.54) is 18.2 Å². The van der Waals surface area contributed by atoms with E-state index in [0.29, 0.717) is 11.1 Å². The van der Waals surface area contributed by atoms with E-state index in [1.807, 2.05) is 13.8 Å². The van der Waals surface area contributed by atoms with E-state index in [4.69, 9.17) is 0 Å². The molecule has 0 spiro atoms. The highest BCUT2D eigenvalue weighted by Gasteiger charge is 2.29. The van der Waals surface area contributed by atoms with Gasteiger partial charge in [-0.3, -0.25) is 0 Å². The molecule has 4 nitrogen and oxygen atoms in total. The number of phenolic OH excluding ortho intramolecular Hbond substituents is 2. The molecule has 0 radical (unpaired) electrons. The van der Waals surface area contributed by atoms with Gasteiger partial charge in [0.1, 0.15) is 21.3 Å². The molecule has 0 aromatic heterocycles. The van der Waals surface area contributed by atoms with E-state index in [-0.39, 0.29) is 21.3 Å². The first-order chi connectivity index (χ1) is 9.69. The molecular weight excluding hydrogens is 288 g/mol. The third-order valence-electron chi connectivity index (χ3n) is 4.02. The van der Waals surface area contributed by atoms with Gasteiger partial charge in [0.2, 0.25) is 9.84 Å². The van der Waals surface area contributed by atoms with Gasteiger partial charge >= 0.3 is 0 Å². The molecule has 0 bridgehead atoms. The Hall–Kier alpha value is -2.01. The number of rotatable bonds is 2. The van der Waals surface area contributed by atoms with Crippen LogP contribution in [0.25, 0.3) is 0 Å². The highest BCUT2D eigenvalue weighted by atomic mass is 32.2. The van der Waals surface area contributed by atoms with Crippen LogP contribution < -0.4 is 0 Å². The molecule has 0 saturated heterocycles. The topological polar surface area (TPSA) is 74.6 Å². The average molecular weight is 306 g/mol. The van der Waals surface area contributed by atoms with Gasteiger partial charge in [-0.25, -0.2) is 8.42 Å². The van der Waals surface area contributed by atoms with E-state index < -0.39 is 9.84 Å². The molecule has 0 atom stereocenters. The molecule has 0 amide bonds. The summed E-state index contributed by atoms with van der Waals surface area (Å²) in [6.45, 7) is 7.00. The maximum atomic E-state index is 12.8. The van der Waals surface area contributed by atoms with Gasteiger partial charge in [-0.1, -0.05) is 12.1 Å². The summed E-state index contributed by atoms with van der Waals surface area (Å²) in [5.41, 5.74) is 2.71. The van der Waals surface area contributed by atoms with Crippen molar-refractivity contribution in [3.05, 3.63) is 46.5 Å². The Balaban J connectivity index is 2.88. The van der Waals surface area contributed by atoms with Crippen LogP contribution in [0.3, 0.4) is 0 Å². The third kappa shape index (κ3) is 2.27. The minimum atomic E-state index is -3.99. The van der Waals surface area contributed by atoms with E-state index in [0.717, 1.165) is 11.1 Å². The molecule has 0 heterocycles. The largest absolute Gasteiger partial charge is 0.507 e. The lowest BCUT2D eigenvalue weighted by atomic mass is 9.99. The van der Waals surface area contributed by atoms with Gasteiger partial charge in [-0.15, -0.1) is 0 Å². The average Bonchev–Trinajstić information content (AvgIpc) is 2.43. The smallest absolute Gasteiger partial charge is 0.214 e. The number of phenols is 2. The van der Waals surface area contributed by atoms with Gasteiger partial charge in [0.15, 0.2) is 0 Å². The Morgan fingerprint density at radius 3 is 1.90 bits per heavy atom. The van der Waals surface area contributed by atoms with Gasteiger partial charge < -0.3 is 10.2 Å². The lowest BCUT2D eigenvalue weighted by molar-refractivity contribution is 0.449. The SMILES string of the molecule is Cc1c(C)c(C)c(S(=O)(=O)c2ccccc2O)c(O)c1C. The highest BCUT2D eigenvalue weighted by molar-refractivity contribution is 7.91. The summed E-state index contributed by atoms with van der Waals surface area (Å²) in [5, 5.41) is 20.1. The molecule has 2 aromatic rings. The maximum Gasteiger partial charge on any atom is 0.214 e. The van der Waals surface area contributed by atoms with Crippen LogP contribution >= 0.6 is 0 Å². The van der Waals surface area contributed by atoms with E-state index in [1.54, 1.807) is 19.9 Å². The Morgan fingerprint density at radius 1 is 0.810 bits per heavy atom. The molecular formula is C16H18O4S. The van der Waals surface area contributed by atoms with Gasteiger partial charge in [-0.2, -0.15) is 0 Å². The molecule has 2 rings (SSSR count). The van der Waals surface area contributed by atoms with Crippen molar-refractivity contribution in [1.29, 1.82) is 0 Å². The molecule has 5 heteroatoms. The van der Waals surface area contributed by atoms with Gasteiger partial charge in [0.05, 0.1) is 0 Å². The number of sulfone groups is 1. The zero-order valence-electron chi connectivity index (χ0n) is 12.4. The van der Waals surface area contributed by atoms with Crippen LogP contribution in [0.2, 0.25) is 0 Å². The molecule has 2 aromatic carbocycles. The number of hydrogen-bond acceptors (Lipinski definition) is 4. The number of aromatic hydroxyl groups is 2. The van der Waals surface area contributed by atoms with Gasteiger partial charge in [0, 0.05) is 0 Å². The van der Waals surface area contributed by atoms with E-state index >= 15 is 0 Å². The maximum absolute atomic E-state index is 12.8. The minimum Gasteiger partial charge on any atom is -0.507 e. The van der Waals surface area contributed by atoms with Crippen LogP contribution in [0, 0.1) is 27.7 Å². The van der Waals surface area contributed by atoms with Crippen LogP contribution in [-0.2, 0) is 9.84 Å². The predicted octanol–water partition coefficient (Wildman–Crippen LogP) is 3.16. The lowest BCUT2D eigenvalue weighted by Gasteiger charge is -2.17. The van der Waals surface area contributed by atoms with Crippen LogP contribution in [0.4, 0.5) is 0 Å². The second-order valence-corrected chi connectivity index (χ2v) is 7.00. The summed E-state index contributed by atoms with van der Waals surface area (Å²) >= 11 is 0. The Kier molecular flexibility index (Phi) is 3.72. The fourth-order valence-corrected chi connectivity index (χ4v) is 4.17. The Labute approximate surface area is 124 Å². The molecule has 21 heavy (non-hydrogen) atoms. The van der Waals surface area contributed by atoms with E-state index in [2.05, 4.69) is 0 Å². The summed E-state index contributed by atoms with van der Waals surface area (Å²) in [7, 11) is -3.99. The summed E-state index contributed by atoms with van der Waals surface area (Å²) < 4.78 is 25.6. The zero-order chi connectivity index (χ0) is 15.9. The Bertz CT molecular complexity index is 791. The summed E-state index contributed by atoms with van der Waals surface area (Å²) in [6.07, 6.45) is 0. The van der Waals surface area contributed by atoms with Crippen molar-refractivity contribution < 1.29 is 18.6 Å². The lowest BCUT2D eigenvalue weighted by Crippen LogP contribution is -2.08. The molecule has 112 valence electrons. The summed E-state index contributed by atoms with van der Waals surface area (Å²) in [4.78, 5) is -0.337. The standard InChI is InChI=1S/C16H18O4S/c1-9-10(2)12(4)16(15(18)11(9)3)21(19,20)14-8-6-5-7-13(14)17/h5-8,17-18H,1-4H3. The molecule has 0 aliphatic carbocycles. The zero-order valence-corrected chi connectivity index (χ0v) is 13.2. The molecule has 0 aliphatic heterocycles. The molecule has 0 saturated carbocycles. The molecule has 0 fully saturated rings. The first kappa shape index (κ1) is 15.4. The quantitative estimate of drug-likeness (QED) is 0.893. The summed E-state index contributed by atoms with van der Waals surface area (Å²) in [6, 6.07) is 5.72. The van der Waals surface area contributed by atoms with Crippen molar-refractivity contribution in [3.63, 3.8) is 0 Å². The highest BCUT2D eigenvalue weighted by Crippen LogP contribution is 2.39. The van der Waals surface area contributed by atoms with E-state index in [9.17, 15) is 18.6 Å². The van der Waals surface area contributed by atoms with Crippen molar-refractivity contribution in [3.8, 4) is 11.5 Å². The second kappa shape index (κ2) is 5.07. The summed E-state index contributed by atoms with van der Waals surface area (Å²) in [5.74, 6) is -0.578. The predicted molar refractivity (Wildman–Crippen MR) is 80.6 cm³/mol. The molecule has 0 unspecified atom stereocenters. The number of benzene rings is 2. The van der Waals surface area contributed by atoms with Gasteiger partial charge in [-0.05, 0) is 62.1 Å². The Morgan fingerprint density at radius 2 is 1.33 bits per heavy atom. The van der Waals surface area contributed by atoms with Crippen LogP contribution in [-0.4, -0.2) is 18.6 Å². The second-order valence-electron chi connectivity index (χ2n) is 5.15. The van der Waals surface area contributed by atoms with Crippen molar-refractivity contribution in [1.82, 2.24) is 0 Å². The normalized spacial score (nSPS) is 11.6. The monoisotopic (exact) mass is 306 g/mol.